The molecule has 0 saturated carbocycles. The molecule has 17 atom stereocenters. The predicted octanol–water partition coefficient (Wildman–Crippen LogP) is 4.76. The Morgan fingerprint density at radius 2 is 0.842 bits per heavy atom. The van der Waals surface area contributed by atoms with Gasteiger partial charge in [-0.05, 0) is 32.1 Å². The molecule has 0 bridgehead atoms. The van der Waals surface area contributed by atoms with Gasteiger partial charge in [0.1, 0.15) is 73.2 Å². The Morgan fingerprint density at radius 1 is 0.461 bits per heavy atom. The van der Waals surface area contributed by atoms with Crippen LogP contribution in [0, 0.1) is 0 Å². The van der Waals surface area contributed by atoms with Crippen molar-refractivity contribution in [3.8, 4) is 0 Å². The van der Waals surface area contributed by atoms with E-state index in [2.05, 4.69) is 31.3 Å². The van der Waals surface area contributed by atoms with E-state index in [4.69, 9.17) is 28.4 Å². The van der Waals surface area contributed by atoms with Crippen molar-refractivity contribution in [2.24, 2.45) is 0 Å². The Balaban J connectivity index is 1.47. The first-order chi connectivity index (χ1) is 36.8. The highest BCUT2D eigenvalue weighted by Gasteiger charge is 2.53. The standard InChI is InChI=1S/C57H105NO18/c1-3-5-7-9-11-13-14-15-16-17-18-19-20-21-22-23-24-25-26-27-28-30-32-34-41(62)40(58-45(63)35-33-31-29-12-10-8-6-4-2)39-71-55-51(69)48(66)53(43(37-60)73-55)76-57-52(70)49(67)54(44(38-61)74-57)75-56-50(68)47(65)46(64)42(36-59)72-56/h26-27,32,34,40-44,46-57,59-62,64-70H,3-25,28-31,33,35-39H2,1-2H3,(H,58,63)/b27-26+,34-32+. The third kappa shape index (κ3) is 25.4. The number of unbranched alkanes of at least 4 members (excludes halogenated alkanes) is 25. The molecular weight excluding hydrogens is 987 g/mol. The topological polar surface area (TPSA) is 307 Å². The van der Waals surface area contributed by atoms with E-state index in [0.29, 0.717) is 12.8 Å². The van der Waals surface area contributed by atoms with Gasteiger partial charge in [0.2, 0.25) is 5.91 Å². The number of hydrogen-bond acceptors (Lipinski definition) is 18. The van der Waals surface area contributed by atoms with E-state index >= 15 is 0 Å². The summed E-state index contributed by atoms with van der Waals surface area (Å²) in [4.78, 5) is 13.2. The van der Waals surface area contributed by atoms with Gasteiger partial charge in [0.05, 0.1) is 38.6 Å². The zero-order chi connectivity index (χ0) is 55.5. The van der Waals surface area contributed by atoms with Gasteiger partial charge in [-0.1, -0.05) is 186 Å². The molecular formula is C57H105NO18. The SMILES string of the molecule is CCCCCCCCCCCCCCCCCCC/C=C/CC/C=C/C(O)C(COC1OC(CO)C(OC2OC(CO)C(OC3OC(CO)C(O)C(O)C3O)C(O)C2O)C(O)C1O)NC(=O)CCCCCCCCCC. The summed E-state index contributed by atoms with van der Waals surface area (Å²) in [7, 11) is 0. The summed E-state index contributed by atoms with van der Waals surface area (Å²) in [6.45, 7) is 1.66. The molecule has 3 fully saturated rings. The maximum atomic E-state index is 13.2. The average molecular weight is 1090 g/mol. The van der Waals surface area contributed by atoms with Crippen molar-refractivity contribution in [1.29, 1.82) is 0 Å². The fraction of sp³-hybridized carbons (Fsp3) is 0.912. The van der Waals surface area contributed by atoms with Crippen LogP contribution in [0.15, 0.2) is 24.3 Å². The molecule has 17 unspecified atom stereocenters. The first-order valence-electron chi connectivity index (χ1n) is 29.6. The van der Waals surface area contributed by atoms with Gasteiger partial charge in [0.25, 0.3) is 0 Å². The molecule has 0 aliphatic carbocycles. The van der Waals surface area contributed by atoms with Gasteiger partial charge in [0.15, 0.2) is 18.9 Å². The molecule has 3 saturated heterocycles. The minimum absolute atomic E-state index is 0.237. The normalized spacial score (nSPS) is 31.1. The lowest BCUT2D eigenvalue weighted by atomic mass is 9.96. The van der Waals surface area contributed by atoms with E-state index in [0.717, 1.165) is 44.9 Å². The number of carbonyl (C=O) groups excluding carboxylic acids is 1. The lowest BCUT2D eigenvalue weighted by Gasteiger charge is -2.48. The maximum absolute atomic E-state index is 13.2. The van der Waals surface area contributed by atoms with Gasteiger partial charge >= 0.3 is 0 Å². The Hall–Kier alpha value is -1.73. The third-order valence-electron chi connectivity index (χ3n) is 15.0. The van der Waals surface area contributed by atoms with E-state index in [1.807, 2.05) is 6.08 Å². The van der Waals surface area contributed by atoms with Gasteiger partial charge in [-0.15, -0.1) is 0 Å². The van der Waals surface area contributed by atoms with Crippen LogP contribution >= 0.6 is 0 Å². The number of aliphatic hydroxyl groups is 11. The molecule has 3 aliphatic heterocycles. The molecule has 0 radical (unpaired) electrons. The number of carbonyl (C=O) groups is 1. The van der Waals surface area contributed by atoms with Crippen molar-refractivity contribution in [3.05, 3.63) is 24.3 Å². The molecule has 0 spiro atoms. The lowest BCUT2D eigenvalue weighted by Crippen LogP contribution is -2.66. The Labute approximate surface area is 454 Å². The van der Waals surface area contributed by atoms with E-state index in [1.54, 1.807) is 6.08 Å². The van der Waals surface area contributed by atoms with Gasteiger partial charge < -0.3 is 89.9 Å². The molecule has 0 aromatic rings. The molecule has 19 nitrogen and oxygen atoms in total. The summed E-state index contributed by atoms with van der Waals surface area (Å²) in [5, 5.41) is 120. The molecule has 0 aromatic heterocycles. The van der Waals surface area contributed by atoms with Crippen LogP contribution in [0.1, 0.15) is 200 Å². The summed E-state index contributed by atoms with van der Waals surface area (Å²) in [6.07, 6.45) is 14.9. The first kappa shape index (κ1) is 68.5. The van der Waals surface area contributed by atoms with Crippen LogP contribution in [0.4, 0.5) is 0 Å². The van der Waals surface area contributed by atoms with E-state index in [9.17, 15) is 61.0 Å². The fourth-order valence-corrected chi connectivity index (χ4v) is 10.1. The second-order valence-corrected chi connectivity index (χ2v) is 21.5. The molecule has 3 aliphatic rings. The minimum Gasteiger partial charge on any atom is -0.394 e. The number of amides is 1. The number of aliphatic hydroxyl groups excluding tert-OH is 11. The highest BCUT2D eigenvalue weighted by Crippen LogP contribution is 2.33. The summed E-state index contributed by atoms with van der Waals surface area (Å²) in [5.74, 6) is -0.290. The van der Waals surface area contributed by atoms with Crippen LogP contribution in [-0.4, -0.2) is 193 Å². The monoisotopic (exact) mass is 1090 g/mol. The fourth-order valence-electron chi connectivity index (χ4n) is 10.1. The van der Waals surface area contributed by atoms with E-state index in [-0.39, 0.29) is 18.9 Å². The molecule has 1 amide bonds. The van der Waals surface area contributed by atoms with Crippen molar-refractivity contribution in [2.75, 3.05) is 26.4 Å². The molecule has 12 N–H and O–H groups in total. The summed E-state index contributed by atoms with van der Waals surface area (Å²) in [6, 6.07) is -0.983. The van der Waals surface area contributed by atoms with Gasteiger partial charge in [-0.25, -0.2) is 0 Å². The quantitative estimate of drug-likeness (QED) is 0.0289. The summed E-state index contributed by atoms with van der Waals surface area (Å²) in [5.41, 5.74) is 0. The van der Waals surface area contributed by atoms with Crippen molar-refractivity contribution in [2.45, 2.75) is 304 Å². The summed E-state index contributed by atoms with van der Waals surface area (Å²) >= 11 is 0. The smallest absolute Gasteiger partial charge is 0.220 e. The Morgan fingerprint density at radius 3 is 1.32 bits per heavy atom. The molecule has 19 heteroatoms. The van der Waals surface area contributed by atoms with Crippen LogP contribution in [-0.2, 0) is 33.2 Å². The second-order valence-electron chi connectivity index (χ2n) is 21.5. The largest absolute Gasteiger partial charge is 0.394 e. The van der Waals surface area contributed by atoms with Crippen molar-refractivity contribution in [3.63, 3.8) is 0 Å². The van der Waals surface area contributed by atoms with Crippen LogP contribution in [0.3, 0.4) is 0 Å². The number of ether oxygens (including phenoxy) is 6. The van der Waals surface area contributed by atoms with Crippen molar-refractivity contribution >= 4 is 5.91 Å². The van der Waals surface area contributed by atoms with E-state index < -0.39 is 124 Å². The third-order valence-corrected chi connectivity index (χ3v) is 15.0. The minimum atomic E-state index is -1.98. The molecule has 76 heavy (non-hydrogen) atoms. The predicted molar refractivity (Wildman–Crippen MR) is 286 cm³/mol. The van der Waals surface area contributed by atoms with E-state index in [1.165, 1.54) is 122 Å². The molecule has 0 aromatic carbocycles. The number of allylic oxidation sites excluding steroid dienone is 3. The van der Waals surface area contributed by atoms with Gasteiger partial charge in [0, 0.05) is 6.42 Å². The summed E-state index contributed by atoms with van der Waals surface area (Å²) < 4.78 is 34.1. The number of hydrogen-bond donors (Lipinski definition) is 12. The van der Waals surface area contributed by atoms with Crippen LogP contribution in [0.2, 0.25) is 0 Å². The molecule has 446 valence electrons. The van der Waals surface area contributed by atoms with Crippen LogP contribution in [0.5, 0.6) is 0 Å². The first-order valence-corrected chi connectivity index (χ1v) is 29.6. The van der Waals surface area contributed by atoms with Crippen molar-refractivity contribution in [1.82, 2.24) is 5.32 Å². The van der Waals surface area contributed by atoms with Crippen molar-refractivity contribution < 1.29 is 89.4 Å². The maximum Gasteiger partial charge on any atom is 0.220 e. The van der Waals surface area contributed by atoms with Gasteiger partial charge in [-0.2, -0.15) is 0 Å². The highest BCUT2D eigenvalue weighted by molar-refractivity contribution is 5.76. The van der Waals surface area contributed by atoms with Gasteiger partial charge in [-0.3, -0.25) is 4.79 Å². The Bertz CT molecular complexity index is 1490. The number of nitrogens with one attached hydrogen (secondary N) is 1. The number of rotatable bonds is 43. The zero-order valence-electron chi connectivity index (χ0n) is 46.2. The molecule has 3 rings (SSSR count). The zero-order valence-corrected chi connectivity index (χ0v) is 46.2. The molecule has 3 heterocycles. The van der Waals surface area contributed by atoms with Crippen LogP contribution in [0.25, 0.3) is 0 Å². The highest BCUT2D eigenvalue weighted by atomic mass is 16.8. The lowest BCUT2D eigenvalue weighted by molar-refractivity contribution is -0.379. The van der Waals surface area contributed by atoms with Crippen LogP contribution < -0.4 is 5.32 Å². The average Bonchev–Trinajstić information content (AvgIpc) is 3.42. The Kier molecular flexibility index (Phi) is 37.2. The second kappa shape index (κ2) is 41.3.